The number of nitrogens with one attached hydrogen (secondary N) is 1. The fraction of sp³-hybridized carbons (Fsp3) is 0.200. The number of likely N-dealkylation sites (N-methyl/N-ethyl adjacent to an activating group) is 1. The number of rotatable bonds is 5. The summed E-state index contributed by atoms with van der Waals surface area (Å²) >= 11 is 0. The van der Waals surface area contributed by atoms with Crippen LogP contribution in [-0.2, 0) is 16.0 Å². The fourth-order valence-corrected chi connectivity index (χ4v) is 3.80. The maximum atomic E-state index is 12.8. The molecule has 30 heavy (non-hydrogen) atoms. The summed E-state index contributed by atoms with van der Waals surface area (Å²) in [4.78, 5) is 26.8. The molecule has 0 aliphatic rings. The normalized spacial score (nSPS) is 11.0. The largest absolute Gasteiger partial charge is 0.464 e. The van der Waals surface area contributed by atoms with Gasteiger partial charge >= 0.3 is 0 Å². The van der Waals surface area contributed by atoms with Crippen LogP contribution in [0.3, 0.4) is 0 Å². The van der Waals surface area contributed by atoms with Crippen molar-refractivity contribution in [2.45, 2.75) is 20.3 Å². The Morgan fingerprint density at radius 3 is 2.47 bits per heavy atom. The van der Waals surface area contributed by atoms with Gasteiger partial charge in [0.25, 0.3) is 0 Å². The average molecular weight is 400 g/mol. The molecule has 0 bridgehead atoms. The molecule has 0 aliphatic heterocycles. The van der Waals surface area contributed by atoms with Crippen molar-refractivity contribution in [3.8, 4) is 0 Å². The van der Waals surface area contributed by atoms with Crippen LogP contribution in [0, 0.1) is 13.8 Å². The molecule has 0 atom stereocenters. The molecule has 0 radical (unpaired) electrons. The lowest BCUT2D eigenvalue weighted by Crippen LogP contribution is -2.36. The minimum atomic E-state index is -0.217. The third-order valence-corrected chi connectivity index (χ3v) is 5.43. The molecule has 3 aromatic carbocycles. The molecule has 0 aliphatic carbocycles. The number of furan rings is 1. The summed E-state index contributed by atoms with van der Waals surface area (Å²) in [5.74, 6) is -0.354. The summed E-state index contributed by atoms with van der Waals surface area (Å²) in [6, 6.07) is 17.8. The van der Waals surface area contributed by atoms with E-state index < -0.39 is 0 Å². The highest BCUT2D eigenvalue weighted by molar-refractivity contribution is 6.08. The van der Waals surface area contributed by atoms with Gasteiger partial charge in [-0.15, -0.1) is 0 Å². The first-order valence-corrected chi connectivity index (χ1v) is 9.92. The standard InChI is InChI=1S/C25H24N2O3/c1-16-7-6-8-17(2)25(16)26-22(28)14-27(3)23(29)13-19-15-30-21-12-11-18-9-4-5-10-20(18)24(19)21/h4-12,15H,13-14H2,1-3H3,(H,26,28). The summed E-state index contributed by atoms with van der Waals surface area (Å²) in [6.07, 6.45) is 1.81. The van der Waals surface area contributed by atoms with Crippen LogP contribution in [0.5, 0.6) is 0 Å². The van der Waals surface area contributed by atoms with Crippen molar-refractivity contribution in [3.05, 3.63) is 77.6 Å². The summed E-state index contributed by atoms with van der Waals surface area (Å²) in [6.45, 7) is 3.89. The van der Waals surface area contributed by atoms with Gasteiger partial charge < -0.3 is 14.6 Å². The molecular formula is C25H24N2O3. The zero-order chi connectivity index (χ0) is 21.3. The first-order chi connectivity index (χ1) is 14.4. The Bertz CT molecular complexity index is 1240. The quantitative estimate of drug-likeness (QED) is 0.521. The van der Waals surface area contributed by atoms with Crippen molar-refractivity contribution in [1.82, 2.24) is 4.90 Å². The molecule has 5 nitrogen and oxygen atoms in total. The number of amides is 2. The Kier molecular flexibility index (Phi) is 5.27. The van der Waals surface area contributed by atoms with E-state index in [0.717, 1.165) is 44.1 Å². The highest BCUT2D eigenvalue weighted by Crippen LogP contribution is 2.30. The molecule has 0 spiro atoms. The SMILES string of the molecule is Cc1cccc(C)c1NC(=O)CN(C)C(=O)Cc1coc2ccc3ccccc3c12. The van der Waals surface area contributed by atoms with Gasteiger partial charge in [-0.1, -0.05) is 48.5 Å². The zero-order valence-electron chi connectivity index (χ0n) is 17.4. The number of para-hydroxylation sites is 1. The maximum Gasteiger partial charge on any atom is 0.243 e. The second kappa shape index (κ2) is 8.03. The van der Waals surface area contributed by atoms with Gasteiger partial charge in [-0.25, -0.2) is 0 Å². The molecule has 5 heteroatoms. The lowest BCUT2D eigenvalue weighted by molar-refractivity contribution is -0.132. The minimum absolute atomic E-state index is 0.0108. The third kappa shape index (κ3) is 3.79. The Labute approximate surface area is 175 Å². The third-order valence-electron chi connectivity index (χ3n) is 5.43. The van der Waals surface area contributed by atoms with Gasteiger partial charge in [0.1, 0.15) is 5.58 Å². The molecule has 1 aromatic heterocycles. The maximum absolute atomic E-state index is 12.8. The molecule has 2 amide bonds. The van der Waals surface area contributed by atoms with E-state index in [1.165, 1.54) is 4.90 Å². The highest BCUT2D eigenvalue weighted by Gasteiger charge is 2.18. The van der Waals surface area contributed by atoms with Crippen LogP contribution in [-0.4, -0.2) is 30.3 Å². The number of fused-ring (bicyclic) bond motifs is 3. The first kappa shape index (κ1) is 19.7. The van der Waals surface area contributed by atoms with Gasteiger partial charge in [-0.3, -0.25) is 9.59 Å². The number of hydrogen-bond acceptors (Lipinski definition) is 3. The summed E-state index contributed by atoms with van der Waals surface area (Å²) in [5.41, 5.74) is 4.37. The average Bonchev–Trinajstić information content (AvgIpc) is 3.14. The van der Waals surface area contributed by atoms with E-state index in [9.17, 15) is 9.59 Å². The van der Waals surface area contributed by atoms with Gasteiger partial charge in [-0.2, -0.15) is 0 Å². The van der Waals surface area contributed by atoms with Gasteiger partial charge in [0.15, 0.2) is 0 Å². The predicted octanol–water partition coefficient (Wildman–Crippen LogP) is 4.84. The number of benzene rings is 3. The predicted molar refractivity (Wildman–Crippen MR) is 120 cm³/mol. The van der Waals surface area contributed by atoms with Crippen molar-refractivity contribution in [2.75, 3.05) is 18.9 Å². The smallest absolute Gasteiger partial charge is 0.243 e. The number of carbonyl (C=O) groups excluding carboxylic acids is 2. The van der Waals surface area contributed by atoms with Gasteiger partial charge in [0, 0.05) is 23.7 Å². The monoisotopic (exact) mass is 400 g/mol. The number of aryl methyl sites for hydroxylation is 2. The molecular weight excluding hydrogens is 376 g/mol. The molecule has 1 N–H and O–H groups in total. The lowest BCUT2D eigenvalue weighted by atomic mass is 10.0. The molecule has 0 fully saturated rings. The number of hydrogen-bond donors (Lipinski definition) is 1. The van der Waals surface area contributed by atoms with Crippen LogP contribution in [0.1, 0.15) is 16.7 Å². The van der Waals surface area contributed by atoms with Crippen molar-refractivity contribution in [1.29, 1.82) is 0 Å². The van der Waals surface area contributed by atoms with Crippen molar-refractivity contribution in [2.24, 2.45) is 0 Å². The number of carbonyl (C=O) groups is 2. The van der Waals surface area contributed by atoms with Crippen molar-refractivity contribution >= 4 is 39.2 Å². The van der Waals surface area contributed by atoms with E-state index in [-0.39, 0.29) is 24.8 Å². The van der Waals surface area contributed by atoms with Crippen LogP contribution >= 0.6 is 0 Å². The van der Waals surface area contributed by atoms with Crippen LogP contribution < -0.4 is 5.32 Å². The van der Waals surface area contributed by atoms with Crippen molar-refractivity contribution < 1.29 is 14.0 Å². The van der Waals surface area contributed by atoms with Gasteiger partial charge in [-0.05, 0) is 41.8 Å². The molecule has 0 saturated carbocycles. The molecule has 0 unspecified atom stereocenters. The first-order valence-electron chi connectivity index (χ1n) is 9.92. The Hall–Kier alpha value is -3.60. The van der Waals surface area contributed by atoms with E-state index in [4.69, 9.17) is 4.42 Å². The van der Waals surface area contributed by atoms with E-state index >= 15 is 0 Å². The second-order valence-corrected chi connectivity index (χ2v) is 7.66. The van der Waals surface area contributed by atoms with E-state index in [2.05, 4.69) is 5.32 Å². The van der Waals surface area contributed by atoms with Gasteiger partial charge in [0.2, 0.25) is 11.8 Å². The highest BCUT2D eigenvalue weighted by atomic mass is 16.3. The van der Waals surface area contributed by atoms with E-state index in [1.54, 1.807) is 13.3 Å². The number of nitrogens with zero attached hydrogens (tertiary/aromatic N) is 1. The van der Waals surface area contributed by atoms with Crippen LogP contribution in [0.4, 0.5) is 5.69 Å². The molecule has 1 heterocycles. The lowest BCUT2D eigenvalue weighted by Gasteiger charge is -2.18. The Morgan fingerprint density at radius 1 is 0.967 bits per heavy atom. The van der Waals surface area contributed by atoms with Crippen molar-refractivity contribution in [3.63, 3.8) is 0 Å². The topological polar surface area (TPSA) is 62.6 Å². The molecule has 4 aromatic rings. The molecule has 4 rings (SSSR count). The summed E-state index contributed by atoms with van der Waals surface area (Å²) in [7, 11) is 1.65. The van der Waals surface area contributed by atoms with Crippen LogP contribution in [0.25, 0.3) is 21.7 Å². The van der Waals surface area contributed by atoms with Crippen LogP contribution in [0.15, 0.2) is 65.3 Å². The van der Waals surface area contributed by atoms with E-state index in [0.29, 0.717) is 0 Å². The molecule has 0 saturated heterocycles. The van der Waals surface area contributed by atoms with Crippen LogP contribution in [0.2, 0.25) is 0 Å². The van der Waals surface area contributed by atoms with E-state index in [1.807, 2.05) is 68.4 Å². The Morgan fingerprint density at radius 2 is 1.70 bits per heavy atom. The fourth-order valence-electron chi connectivity index (χ4n) is 3.80. The summed E-state index contributed by atoms with van der Waals surface area (Å²) in [5, 5.41) is 6.04. The molecule has 152 valence electrons. The second-order valence-electron chi connectivity index (χ2n) is 7.66. The van der Waals surface area contributed by atoms with Gasteiger partial charge in [0.05, 0.1) is 19.2 Å². The minimum Gasteiger partial charge on any atom is -0.464 e. The number of anilines is 1. The summed E-state index contributed by atoms with van der Waals surface area (Å²) < 4.78 is 5.67. The Balaban J connectivity index is 1.49. The zero-order valence-corrected chi connectivity index (χ0v) is 17.4.